The zero-order valence-electron chi connectivity index (χ0n) is 15.8. The van der Waals surface area contributed by atoms with Crippen LogP contribution in [0.3, 0.4) is 0 Å². The molecule has 0 bridgehead atoms. The smallest absolute Gasteiger partial charge is 0.273 e. The summed E-state index contributed by atoms with van der Waals surface area (Å²) in [6.45, 7) is 3.12. The molecule has 3 aromatic rings. The molecule has 28 heavy (non-hydrogen) atoms. The van der Waals surface area contributed by atoms with Crippen molar-refractivity contribution in [3.8, 4) is 0 Å². The minimum Gasteiger partial charge on any atom is -0.468 e. The summed E-state index contributed by atoms with van der Waals surface area (Å²) >= 11 is 0. The number of nitrogens with zero attached hydrogens (tertiary/aromatic N) is 4. The highest BCUT2D eigenvalue weighted by molar-refractivity contribution is 5.91. The quantitative estimate of drug-likeness (QED) is 0.683. The van der Waals surface area contributed by atoms with Crippen LogP contribution in [0, 0.1) is 0 Å². The first-order chi connectivity index (χ1) is 13.8. The third-order valence-electron chi connectivity index (χ3n) is 5.12. The number of carbonyl (C=O) groups excluding carboxylic acids is 1. The Bertz CT molecular complexity index is 869. The lowest BCUT2D eigenvalue weighted by molar-refractivity contribution is 0.0909. The van der Waals surface area contributed by atoms with E-state index in [4.69, 9.17) is 4.42 Å². The van der Waals surface area contributed by atoms with Crippen LogP contribution in [-0.2, 0) is 6.54 Å². The molecule has 1 N–H and O–H groups in total. The van der Waals surface area contributed by atoms with Crippen molar-refractivity contribution in [2.45, 2.75) is 31.8 Å². The molecule has 1 fully saturated rings. The van der Waals surface area contributed by atoms with E-state index in [1.54, 1.807) is 17.1 Å². The average molecular weight is 379 g/mol. The molecular formula is C21H25N5O2. The number of rotatable bonds is 7. The number of hydrogen-bond donors (Lipinski definition) is 1. The fourth-order valence-electron chi connectivity index (χ4n) is 3.65. The monoisotopic (exact) mass is 379 g/mol. The van der Waals surface area contributed by atoms with Gasteiger partial charge in [-0.25, -0.2) is 4.68 Å². The van der Waals surface area contributed by atoms with E-state index in [1.165, 1.54) is 19.3 Å². The second-order valence-electron chi connectivity index (χ2n) is 7.12. The number of carbonyl (C=O) groups is 1. The molecule has 0 aliphatic carbocycles. The lowest BCUT2D eigenvalue weighted by atomic mass is 10.1. The zero-order chi connectivity index (χ0) is 19.2. The van der Waals surface area contributed by atoms with Crippen molar-refractivity contribution in [1.29, 1.82) is 0 Å². The molecule has 2 aromatic heterocycles. The maximum Gasteiger partial charge on any atom is 0.273 e. The number of furan rings is 1. The molecule has 7 heteroatoms. The van der Waals surface area contributed by atoms with Crippen molar-refractivity contribution in [2.75, 3.05) is 19.6 Å². The lowest BCUT2D eigenvalue weighted by Gasteiger charge is -2.33. The van der Waals surface area contributed by atoms with E-state index in [-0.39, 0.29) is 11.9 Å². The van der Waals surface area contributed by atoms with Crippen LogP contribution in [0.15, 0.2) is 59.3 Å². The van der Waals surface area contributed by atoms with E-state index in [0.29, 0.717) is 18.8 Å². The van der Waals surface area contributed by atoms with Gasteiger partial charge in [0.25, 0.3) is 5.91 Å². The van der Waals surface area contributed by atoms with Crippen LogP contribution in [0.4, 0.5) is 0 Å². The van der Waals surface area contributed by atoms with Crippen molar-refractivity contribution in [3.63, 3.8) is 0 Å². The summed E-state index contributed by atoms with van der Waals surface area (Å²) in [5.74, 6) is 0.669. The van der Waals surface area contributed by atoms with Gasteiger partial charge < -0.3 is 9.73 Å². The largest absolute Gasteiger partial charge is 0.468 e. The topological polar surface area (TPSA) is 76.2 Å². The van der Waals surface area contributed by atoms with Gasteiger partial charge >= 0.3 is 0 Å². The first kappa shape index (κ1) is 18.4. The summed E-state index contributed by atoms with van der Waals surface area (Å²) in [4.78, 5) is 15.0. The first-order valence-corrected chi connectivity index (χ1v) is 9.79. The van der Waals surface area contributed by atoms with Crippen molar-refractivity contribution in [1.82, 2.24) is 25.2 Å². The molecule has 1 atom stereocenters. The van der Waals surface area contributed by atoms with Crippen LogP contribution in [0.5, 0.6) is 0 Å². The van der Waals surface area contributed by atoms with E-state index < -0.39 is 0 Å². The first-order valence-electron chi connectivity index (χ1n) is 9.79. The van der Waals surface area contributed by atoms with Crippen LogP contribution in [-0.4, -0.2) is 45.4 Å². The molecular weight excluding hydrogens is 354 g/mol. The molecule has 4 rings (SSSR count). The van der Waals surface area contributed by atoms with Crippen LogP contribution in [0.1, 0.15) is 47.1 Å². The molecule has 0 saturated carbocycles. The SMILES string of the molecule is O=C(NCC(c1ccco1)N1CCCCC1)c1cn(Cc2ccccc2)nn1. The molecule has 1 aliphatic heterocycles. The normalized spacial score (nSPS) is 16.0. The van der Waals surface area contributed by atoms with E-state index in [0.717, 1.165) is 24.4 Å². The Balaban J connectivity index is 1.38. The Morgan fingerprint density at radius 3 is 2.68 bits per heavy atom. The summed E-state index contributed by atoms with van der Waals surface area (Å²) in [5, 5.41) is 11.1. The number of nitrogens with one attached hydrogen (secondary N) is 1. The molecule has 1 unspecified atom stereocenters. The summed E-state index contributed by atoms with van der Waals surface area (Å²) in [7, 11) is 0. The predicted molar refractivity (Wildman–Crippen MR) is 105 cm³/mol. The fourth-order valence-corrected chi connectivity index (χ4v) is 3.65. The Morgan fingerprint density at radius 2 is 1.93 bits per heavy atom. The lowest BCUT2D eigenvalue weighted by Crippen LogP contribution is -2.40. The highest BCUT2D eigenvalue weighted by atomic mass is 16.3. The zero-order valence-corrected chi connectivity index (χ0v) is 15.8. The van der Waals surface area contributed by atoms with Gasteiger partial charge in [-0.1, -0.05) is 42.0 Å². The number of aromatic nitrogens is 3. The van der Waals surface area contributed by atoms with Gasteiger partial charge in [0.05, 0.1) is 25.0 Å². The number of piperidine rings is 1. The van der Waals surface area contributed by atoms with Gasteiger partial charge in [0, 0.05) is 6.54 Å². The number of benzene rings is 1. The van der Waals surface area contributed by atoms with Gasteiger partial charge in [0.1, 0.15) is 5.76 Å². The molecule has 0 radical (unpaired) electrons. The number of hydrogen-bond acceptors (Lipinski definition) is 5. The maximum atomic E-state index is 12.6. The summed E-state index contributed by atoms with van der Waals surface area (Å²) in [6.07, 6.45) is 6.99. The molecule has 7 nitrogen and oxygen atoms in total. The Labute approximate surface area is 164 Å². The Hall–Kier alpha value is -2.93. The highest BCUT2D eigenvalue weighted by Gasteiger charge is 2.25. The van der Waals surface area contributed by atoms with Gasteiger partial charge in [0.15, 0.2) is 5.69 Å². The molecule has 146 valence electrons. The van der Waals surface area contributed by atoms with Crippen molar-refractivity contribution in [3.05, 3.63) is 71.9 Å². The van der Waals surface area contributed by atoms with Gasteiger partial charge in [0.2, 0.25) is 0 Å². The molecule has 0 spiro atoms. The summed E-state index contributed by atoms with van der Waals surface area (Å²) < 4.78 is 7.31. The fraction of sp³-hybridized carbons (Fsp3) is 0.381. The van der Waals surface area contributed by atoms with Gasteiger partial charge in [-0.05, 0) is 43.6 Å². The second-order valence-corrected chi connectivity index (χ2v) is 7.12. The van der Waals surface area contributed by atoms with Crippen molar-refractivity contribution < 1.29 is 9.21 Å². The number of amides is 1. The average Bonchev–Trinajstić information content (AvgIpc) is 3.42. The molecule has 1 aromatic carbocycles. The van der Waals surface area contributed by atoms with E-state index in [2.05, 4.69) is 20.5 Å². The predicted octanol–water partition coefficient (Wildman–Crippen LogP) is 2.88. The summed E-state index contributed by atoms with van der Waals surface area (Å²) in [5.41, 5.74) is 1.44. The second kappa shape index (κ2) is 8.84. The van der Waals surface area contributed by atoms with Crippen LogP contribution >= 0.6 is 0 Å². The summed E-state index contributed by atoms with van der Waals surface area (Å²) in [6, 6.07) is 13.9. The third kappa shape index (κ3) is 4.48. The number of likely N-dealkylation sites (tertiary alicyclic amines) is 1. The highest BCUT2D eigenvalue weighted by Crippen LogP contribution is 2.24. The maximum absolute atomic E-state index is 12.6. The van der Waals surface area contributed by atoms with Crippen LogP contribution < -0.4 is 5.32 Å². The van der Waals surface area contributed by atoms with Crippen LogP contribution in [0.25, 0.3) is 0 Å². The minimum absolute atomic E-state index is 0.0404. The van der Waals surface area contributed by atoms with Gasteiger partial charge in [-0.3, -0.25) is 9.69 Å². The standard InChI is InChI=1S/C21H25N5O2/c27-21(18-16-26(24-23-18)15-17-8-3-1-4-9-17)22-14-19(20-10-7-13-28-20)25-11-5-2-6-12-25/h1,3-4,7-10,13,16,19H,2,5-6,11-12,14-15H2,(H,22,27). The third-order valence-corrected chi connectivity index (χ3v) is 5.12. The van der Waals surface area contributed by atoms with E-state index in [9.17, 15) is 4.79 Å². The van der Waals surface area contributed by atoms with Crippen LogP contribution in [0.2, 0.25) is 0 Å². The van der Waals surface area contributed by atoms with Crippen molar-refractivity contribution in [2.24, 2.45) is 0 Å². The molecule has 1 amide bonds. The van der Waals surface area contributed by atoms with Gasteiger partial charge in [-0.15, -0.1) is 5.10 Å². The van der Waals surface area contributed by atoms with E-state index >= 15 is 0 Å². The van der Waals surface area contributed by atoms with Crippen molar-refractivity contribution >= 4 is 5.91 Å². The molecule has 1 saturated heterocycles. The Morgan fingerprint density at radius 1 is 1.11 bits per heavy atom. The Kier molecular flexibility index (Phi) is 5.82. The minimum atomic E-state index is -0.215. The van der Waals surface area contributed by atoms with Gasteiger partial charge in [-0.2, -0.15) is 0 Å². The molecule has 3 heterocycles. The van der Waals surface area contributed by atoms with E-state index in [1.807, 2.05) is 42.5 Å². The molecule has 1 aliphatic rings.